The van der Waals surface area contributed by atoms with Crippen molar-refractivity contribution in [1.29, 1.82) is 0 Å². The van der Waals surface area contributed by atoms with E-state index >= 15 is 0 Å². The number of aliphatic hydroxyl groups excluding tert-OH is 1. The molecule has 0 saturated carbocycles. The summed E-state index contributed by atoms with van der Waals surface area (Å²) in [5.41, 5.74) is 6.81. The van der Waals surface area contributed by atoms with E-state index in [4.69, 9.17) is 9.47 Å². The van der Waals surface area contributed by atoms with Crippen LogP contribution in [0.3, 0.4) is 0 Å². The first-order chi connectivity index (χ1) is 16.1. The molecule has 170 valence electrons. The number of nitrogens with zero attached hydrogens (tertiary/aromatic N) is 3. The van der Waals surface area contributed by atoms with Gasteiger partial charge in [-0.3, -0.25) is 4.90 Å². The molecule has 0 amide bonds. The quantitative estimate of drug-likeness (QED) is 0.467. The van der Waals surface area contributed by atoms with Gasteiger partial charge >= 0.3 is 0 Å². The minimum atomic E-state index is -0.563. The molecule has 6 nitrogen and oxygen atoms in total. The Bertz CT molecular complexity index is 1270. The van der Waals surface area contributed by atoms with E-state index in [0.717, 1.165) is 53.2 Å². The number of aromatic nitrogens is 2. The molecule has 1 N–H and O–H groups in total. The number of imidazole rings is 1. The lowest BCUT2D eigenvalue weighted by molar-refractivity contribution is 0.0636. The van der Waals surface area contributed by atoms with Crippen LogP contribution in [0.5, 0.6) is 11.5 Å². The molecule has 0 saturated heterocycles. The van der Waals surface area contributed by atoms with E-state index in [2.05, 4.69) is 34.1 Å². The number of rotatable bonds is 7. The van der Waals surface area contributed by atoms with Crippen molar-refractivity contribution in [3.63, 3.8) is 0 Å². The Kier molecular flexibility index (Phi) is 6.03. The lowest BCUT2D eigenvalue weighted by atomic mass is 9.98. The molecule has 1 aliphatic heterocycles. The number of hydrogen-bond acceptors (Lipinski definition) is 5. The Morgan fingerprint density at radius 2 is 1.91 bits per heavy atom. The van der Waals surface area contributed by atoms with Gasteiger partial charge in [-0.05, 0) is 59.0 Å². The average Bonchev–Trinajstić information content (AvgIpc) is 3.22. The number of hydrogen-bond donors (Lipinski definition) is 1. The van der Waals surface area contributed by atoms with Crippen LogP contribution in [0.25, 0.3) is 22.2 Å². The van der Waals surface area contributed by atoms with Crippen molar-refractivity contribution < 1.29 is 14.6 Å². The van der Waals surface area contributed by atoms with Gasteiger partial charge < -0.3 is 19.1 Å². The SMILES string of the molecule is COc1cccc2c1CCN(CC(O)COc1cccc(-c3ccc4ncn(C)c4c3)c1)C2. The van der Waals surface area contributed by atoms with Crippen LogP contribution in [-0.2, 0) is 20.0 Å². The summed E-state index contributed by atoms with van der Waals surface area (Å²) in [6.45, 7) is 2.55. The summed E-state index contributed by atoms with van der Waals surface area (Å²) in [6, 6.07) is 20.4. The van der Waals surface area contributed by atoms with Gasteiger partial charge in [0.25, 0.3) is 0 Å². The number of fused-ring (bicyclic) bond motifs is 2. The number of ether oxygens (including phenoxy) is 2. The summed E-state index contributed by atoms with van der Waals surface area (Å²) in [5, 5.41) is 10.6. The van der Waals surface area contributed by atoms with Crippen molar-refractivity contribution in [3.8, 4) is 22.6 Å². The highest BCUT2D eigenvalue weighted by atomic mass is 16.5. The fraction of sp³-hybridized carbons (Fsp3) is 0.296. The molecule has 2 heterocycles. The molecule has 33 heavy (non-hydrogen) atoms. The molecule has 1 unspecified atom stereocenters. The maximum Gasteiger partial charge on any atom is 0.122 e. The second kappa shape index (κ2) is 9.25. The van der Waals surface area contributed by atoms with Gasteiger partial charge in [-0.1, -0.05) is 30.3 Å². The largest absolute Gasteiger partial charge is 0.496 e. The monoisotopic (exact) mass is 443 g/mol. The van der Waals surface area contributed by atoms with Crippen molar-refractivity contribution in [2.75, 3.05) is 26.8 Å². The van der Waals surface area contributed by atoms with Crippen LogP contribution < -0.4 is 9.47 Å². The van der Waals surface area contributed by atoms with Crippen LogP contribution in [0.4, 0.5) is 0 Å². The number of aryl methyl sites for hydroxylation is 1. The van der Waals surface area contributed by atoms with E-state index in [9.17, 15) is 5.11 Å². The minimum absolute atomic E-state index is 0.256. The zero-order chi connectivity index (χ0) is 22.8. The van der Waals surface area contributed by atoms with Gasteiger partial charge in [0.15, 0.2) is 0 Å². The van der Waals surface area contributed by atoms with Crippen LogP contribution in [0.1, 0.15) is 11.1 Å². The normalized spacial score (nSPS) is 14.8. The van der Waals surface area contributed by atoms with Crippen molar-refractivity contribution >= 4 is 11.0 Å². The first-order valence-corrected chi connectivity index (χ1v) is 11.3. The minimum Gasteiger partial charge on any atom is -0.496 e. The van der Waals surface area contributed by atoms with Gasteiger partial charge in [-0.15, -0.1) is 0 Å². The van der Waals surface area contributed by atoms with Crippen LogP contribution in [-0.4, -0.2) is 52.5 Å². The van der Waals surface area contributed by atoms with Crippen molar-refractivity contribution in [2.24, 2.45) is 7.05 Å². The van der Waals surface area contributed by atoms with Crippen LogP contribution >= 0.6 is 0 Å². The second-order valence-corrected chi connectivity index (χ2v) is 8.63. The summed E-state index contributed by atoms with van der Waals surface area (Å²) in [6.07, 6.45) is 2.19. The smallest absolute Gasteiger partial charge is 0.122 e. The fourth-order valence-corrected chi connectivity index (χ4v) is 4.59. The average molecular weight is 444 g/mol. The van der Waals surface area contributed by atoms with Gasteiger partial charge in [0, 0.05) is 26.7 Å². The van der Waals surface area contributed by atoms with E-state index in [1.54, 1.807) is 7.11 Å². The Morgan fingerprint density at radius 3 is 2.79 bits per heavy atom. The summed E-state index contributed by atoms with van der Waals surface area (Å²) in [4.78, 5) is 6.66. The summed E-state index contributed by atoms with van der Waals surface area (Å²) in [7, 11) is 3.72. The number of methoxy groups -OCH3 is 1. The van der Waals surface area contributed by atoms with E-state index in [0.29, 0.717) is 6.54 Å². The van der Waals surface area contributed by atoms with E-state index in [-0.39, 0.29) is 6.61 Å². The number of β-amino-alcohol motifs (C(OH)–C–C–N with tert-alkyl or cyclic N) is 1. The summed E-state index contributed by atoms with van der Waals surface area (Å²) < 4.78 is 13.5. The Labute approximate surface area is 194 Å². The first-order valence-electron chi connectivity index (χ1n) is 11.3. The molecule has 3 aromatic carbocycles. The molecular formula is C27H29N3O3. The molecule has 0 bridgehead atoms. The third-order valence-corrected chi connectivity index (χ3v) is 6.33. The third-order valence-electron chi connectivity index (χ3n) is 6.33. The van der Waals surface area contributed by atoms with Gasteiger partial charge in [0.05, 0.1) is 24.5 Å². The molecule has 1 atom stereocenters. The molecule has 0 aliphatic carbocycles. The topological polar surface area (TPSA) is 59.8 Å². The van der Waals surface area contributed by atoms with E-state index < -0.39 is 6.10 Å². The van der Waals surface area contributed by atoms with Crippen LogP contribution in [0.15, 0.2) is 67.0 Å². The van der Waals surface area contributed by atoms with Gasteiger partial charge in [0.2, 0.25) is 0 Å². The predicted octanol–water partition coefficient (Wildman–Crippen LogP) is 4.05. The molecule has 0 spiro atoms. The molecule has 1 aromatic heterocycles. The standard InChI is InChI=1S/C27H29N3O3/c1-29-18-28-25-10-9-20(14-26(25)29)19-5-3-7-23(13-19)33-17-22(31)16-30-12-11-24-21(15-30)6-4-8-27(24)32-2/h3-10,13-14,18,22,31H,11-12,15-17H2,1-2H3. The zero-order valence-corrected chi connectivity index (χ0v) is 19.1. The highest BCUT2D eigenvalue weighted by Crippen LogP contribution is 2.29. The Hall–Kier alpha value is -3.35. The maximum absolute atomic E-state index is 10.6. The van der Waals surface area contributed by atoms with E-state index in [1.165, 1.54) is 11.1 Å². The van der Waals surface area contributed by atoms with Gasteiger partial charge in [0.1, 0.15) is 24.2 Å². The maximum atomic E-state index is 10.6. The van der Waals surface area contributed by atoms with Crippen molar-refractivity contribution in [3.05, 3.63) is 78.1 Å². The summed E-state index contributed by atoms with van der Waals surface area (Å²) >= 11 is 0. The number of benzene rings is 3. The molecule has 1 aliphatic rings. The van der Waals surface area contributed by atoms with Crippen LogP contribution in [0, 0.1) is 0 Å². The molecule has 0 radical (unpaired) electrons. The second-order valence-electron chi connectivity index (χ2n) is 8.63. The Balaban J connectivity index is 1.20. The highest BCUT2D eigenvalue weighted by molar-refractivity contribution is 5.82. The first kappa shape index (κ1) is 21.5. The number of aliphatic hydroxyl groups is 1. The van der Waals surface area contributed by atoms with Crippen LogP contribution in [0.2, 0.25) is 0 Å². The van der Waals surface area contributed by atoms with Gasteiger partial charge in [-0.2, -0.15) is 0 Å². The molecule has 0 fully saturated rings. The lowest BCUT2D eigenvalue weighted by Gasteiger charge is -2.31. The van der Waals surface area contributed by atoms with Crippen molar-refractivity contribution in [2.45, 2.75) is 19.1 Å². The summed E-state index contributed by atoms with van der Waals surface area (Å²) in [5.74, 6) is 1.71. The molecule has 4 aromatic rings. The predicted molar refractivity (Wildman–Crippen MR) is 130 cm³/mol. The molecular weight excluding hydrogens is 414 g/mol. The fourth-order valence-electron chi connectivity index (χ4n) is 4.59. The zero-order valence-electron chi connectivity index (χ0n) is 19.1. The molecule has 6 heteroatoms. The molecule has 5 rings (SSSR count). The lowest BCUT2D eigenvalue weighted by Crippen LogP contribution is -2.38. The van der Waals surface area contributed by atoms with E-state index in [1.807, 2.05) is 54.3 Å². The highest BCUT2D eigenvalue weighted by Gasteiger charge is 2.21. The Morgan fingerprint density at radius 1 is 1.06 bits per heavy atom. The van der Waals surface area contributed by atoms with Crippen molar-refractivity contribution in [1.82, 2.24) is 14.5 Å². The van der Waals surface area contributed by atoms with Gasteiger partial charge in [-0.25, -0.2) is 4.98 Å². The third kappa shape index (κ3) is 4.58.